The number of rotatable bonds is 4. The van der Waals surface area contributed by atoms with E-state index in [2.05, 4.69) is 5.32 Å². The quantitative estimate of drug-likeness (QED) is 0.696. The van der Waals surface area contributed by atoms with Crippen molar-refractivity contribution in [1.82, 2.24) is 9.80 Å². The van der Waals surface area contributed by atoms with Gasteiger partial charge in [-0.2, -0.15) is 0 Å². The van der Waals surface area contributed by atoms with Crippen LogP contribution in [-0.4, -0.2) is 65.5 Å². The van der Waals surface area contributed by atoms with Gasteiger partial charge in [-0.05, 0) is 47.6 Å². The number of hydrogen-bond donors (Lipinski definition) is 2. The number of benzene rings is 2. The number of anilines is 1. The summed E-state index contributed by atoms with van der Waals surface area (Å²) >= 11 is 1.67. The average Bonchev–Trinajstić information content (AvgIpc) is 2.92. The summed E-state index contributed by atoms with van der Waals surface area (Å²) < 4.78 is 0. The minimum Gasteiger partial charge on any atom is -0.337 e. The maximum absolute atomic E-state index is 13.4. The Morgan fingerprint density at radius 1 is 1.09 bits per heavy atom. The van der Waals surface area contributed by atoms with Crippen molar-refractivity contribution in [2.24, 2.45) is 11.7 Å². The molecule has 2 aromatic carbocycles. The predicted octanol–water partition coefficient (Wildman–Crippen LogP) is 2.66. The van der Waals surface area contributed by atoms with Gasteiger partial charge in [0.1, 0.15) is 6.04 Å². The van der Waals surface area contributed by atoms with Crippen LogP contribution in [0.2, 0.25) is 0 Å². The highest BCUT2D eigenvalue weighted by Crippen LogP contribution is 2.31. The van der Waals surface area contributed by atoms with Crippen LogP contribution < -0.4 is 11.1 Å². The number of piperazine rings is 1. The highest BCUT2D eigenvalue weighted by molar-refractivity contribution is 7.98. The van der Waals surface area contributed by atoms with Crippen molar-refractivity contribution >= 4 is 35.2 Å². The van der Waals surface area contributed by atoms with Gasteiger partial charge in [0, 0.05) is 18.0 Å². The van der Waals surface area contributed by atoms with Gasteiger partial charge in [0.05, 0.1) is 23.8 Å². The van der Waals surface area contributed by atoms with Crippen LogP contribution in [0.5, 0.6) is 0 Å². The molecule has 1 saturated heterocycles. The summed E-state index contributed by atoms with van der Waals surface area (Å²) in [5.41, 5.74) is 8.91. The summed E-state index contributed by atoms with van der Waals surface area (Å²) in [5, 5.41) is 2.89. The fourth-order valence-corrected chi connectivity index (χ4v) is 4.52. The summed E-state index contributed by atoms with van der Waals surface area (Å²) in [5.74, 6) is -0.675. The van der Waals surface area contributed by atoms with Gasteiger partial charge in [0.25, 0.3) is 5.91 Å². The molecule has 3 amide bonds. The van der Waals surface area contributed by atoms with Crippen molar-refractivity contribution in [1.29, 1.82) is 0 Å². The van der Waals surface area contributed by atoms with Crippen molar-refractivity contribution < 1.29 is 14.4 Å². The Kier molecular flexibility index (Phi) is 6.26. The zero-order chi connectivity index (χ0) is 23.0. The first kappa shape index (κ1) is 22.4. The van der Waals surface area contributed by atoms with Crippen molar-refractivity contribution in [3.8, 4) is 11.1 Å². The van der Waals surface area contributed by atoms with E-state index in [0.717, 1.165) is 11.1 Å². The summed E-state index contributed by atoms with van der Waals surface area (Å²) in [4.78, 5) is 43.5. The number of nitrogens with one attached hydrogen (secondary N) is 1. The molecule has 0 unspecified atom stereocenters. The maximum Gasteiger partial charge on any atom is 0.256 e. The normalized spacial score (nSPS) is 19.2. The van der Waals surface area contributed by atoms with Crippen molar-refractivity contribution in [2.75, 3.05) is 31.2 Å². The van der Waals surface area contributed by atoms with E-state index in [1.165, 1.54) is 4.90 Å². The second kappa shape index (κ2) is 8.96. The van der Waals surface area contributed by atoms with Crippen LogP contribution in [0, 0.1) is 5.92 Å². The van der Waals surface area contributed by atoms with Gasteiger partial charge in [0.2, 0.25) is 11.8 Å². The van der Waals surface area contributed by atoms with E-state index in [4.69, 9.17) is 5.73 Å². The SMILES string of the molecule is CSc1ccc(-c2ccc3c(c2)C(=O)N2CCN(C(=O)[C@@H](N)C(C)C)C[C@H]2C(=O)N3)cc1. The van der Waals surface area contributed by atoms with Crippen LogP contribution in [0.25, 0.3) is 11.1 Å². The molecule has 0 aliphatic carbocycles. The molecular weight excluding hydrogens is 424 g/mol. The number of carbonyl (C=O) groups excluding carboxylic acids is 3. The number of amides is 3. The number of thioether (sulfide) groups is 1. The molecule has 2 heterocycles. The zero-order valence-electron chi connectivity index (χ0n) is 18.5. The standard InChI is InChI=1S/C24H28N4O3S/c1-14(2)21(25)24(31)27-10-11-28-20(13-27)22(29)26-19-9-6-16(12-18(19)23(28)30)15-4-7-17(32-3)8-5-15/h4-9,12,14,20-21H,10-11,13,25H2,1-3H3,(H,26,29)/t20-,21-/m0/s1. The van der Waals surface area contributed by atoms with E-state index in [1.54, 1.807) is 27.6 Å². The molecule has 7 nitrogen and oxygen atoms in total. The van der Waals surface area contributed by atoms with E-state index < -0.39 is 12.1 Å². The second-order valence-corrected chi connectivity index (χ2v) is 9.43. The van der Waals surface area contributed by atoms with Crippen molar-refractivity contribution in [3.05, 3.63) is 48.0 Å². The number of nitrogens with two attached hydrogens (primary N) is 1. The minimum absolute atomic E-state index is 0.00205. The lowest BCUT2D eigenvalue weighted by Gasteiger charge is -2.40. The monoisotopic (exact) mass is 452 g/mol. The van der Waals surface area contributed by atoms with E-state index >= 15 is 0 Å². The molecular formula is C24H28N4O3S. The second-order valence-electron chi connectivity index (χ2n) is 8.55. The lowest BCUT2D eigenvalue weighted by atomic mass is 10.0. The van der Waals surface area contributed by atoms with E-state index in [9.17, 15) is 14.4 Å². The molecule has 2 aliphatic rings. The van der Waals surface area contributed by atoms with Gasteiger partial charge in [-0.25, -0.2) is 0 Å². The van der Waals surface area contributed by atoms with Crippen LogP contribution in [0.1, 0.15) is 24.2 Å². The Morgan fingerprint density at radius 2 is 1.78 bits per heavy atom. The van der Waals surface area contributed by atoms with Gasteiger partial charge >= 0.3 is 0 Å². The molecule has 2 aromatic rings. The van der Waals surface area contributed by atoms with Gasteiger partial charge in [-0.3, -0.25) is 14.4 Å². The van der Waals surface area contributed by atoms with Crippen LogP contribution in [-0.2, 0) is 9.59 Å². The first-order chi connectivity index (χ1) is 15.3. The van der Waals surface area contributed by atoms with Gasteiger partial charge in [0.15, 0.2) is 0 Å². The number of carbonyl (C=O) groups is 3. The average molecular weight is 453 g/mol. The Balaban J connectivity index is 1.61. The molecule has 2 atom stereocenters. The van der Waals surface area contributed by atoms with Gasteiger partial charge < -0.3 is 20.9 Å². The fraction of sp³-hybridized carbons (Fsp3) is 0.375. The molecule has 0 spiro atoms. The zero-order valence-corrected chi connectivity index (χ0v) is 19.3. The minimum atomic E-state index is -0.740. The first-order valence-electron chi connectivity index (χ1n) is 10.7. The van der Waals surface area contributed by atoms with E-state index in [1.807, 2.05) is 56.5 Å². The lowest BCUT2D eigenvalue weighted by molar-refractivity contribution is -0.137. The third kappa shape index (κ3) is 4.12. The summed E-state index contributed by atoms with van der Waals surface area (Å²) in [6.45, 7) is 4.58. The molecule has 3 N–H and O–H groups in total. The third-order valence-electron chi connectivity index (χ3n) is 6.19. The van der Waals surface area contributed by atoms with Crippen molar-refractivity contribution in [3.63, 3.8) is 0 Å². The topological polar surface area (TPSA) is 95.7 Å². The molecule has 8 heteroatoms. The third-order valence-corrected chi connectivity index (χ3v) is 6.93. The number of fused-ring (bicyclic) bond motifs is 2. The molecule has 1 fully saturated rings. The fourth-order valence-electron chi connectivity index (χ4n) is 4.11. The van der Waals surface area contributed by atoms with Crippen LogP contribution in [0.3, 0.4) is 0 Å². The molecule has 4 rings (SSSR count). The summed E-state index contributed by atoms with van der Waals surface area (Å²) in [6, 6.07) is 12.3. The Hall–Kier alpha value is -2.84. The number of hydrogen-bond acceptors (Lipinski definition) is 5. The Morgan fingerprint density at radius 3 is 2.44 bits per heavy atom. The molecule has 2 aliphatic heterocycles. The first-order valence-corrected chi connectivity index (χ1v) is 12.0. The van der Waals surface area contributed by atoms with Gasteiger partial charge in [-0.15, -0.1) is 11.8 Å². The Labute approximate surface area is 192 Å². The lowest BCUT2D eigenvalue weighted by Crippen LogP contribution is -2.61. The summed E-state index contributed by atoms with van der Waals surface area (Å²) in [6.07, 6.45) is 2.03. The predicted molar refractivity (Wildman–Crippen MR) is 127 cm³/mol. The summed E-state index contributed by atoms with van der Waals surface area (Å²) in [7, 11) is 0. The highest BCUT2D eigenvalue weighted by Gasteiger charge is 2.41. The van der Waals surface area contributed by atoms with Crippen LogP contribution in [0.15, 0.2) is 47.4 Å². The number of nitrogens with zero attached hydrogens (tertiary/aromatic N) is 2. The smallest absolute Gasteiger partial charge is 0.256 e. The molecule has 32 heavy (non-hydrogen) atoms. The molecule has 0 saturated carbocycles. The van der Waals surface area contributed by atoms with Crippen LogP contribution in [0.4, 0.5) is 5.69 Å². The van der Waals surface area contributed by atoms with Crippen LogP contribution >= 0.6 is 11.8 Å². The molecule has 0 bridgehead atoms. The maximum atomic E-state index is 13.4. The van der Waals surface area contributed by atoms with Gasteiger partial charge in [-0.1, -0.05) is 32.0 Å². The van der Waals surface area contributed by atoms with E-state index in [-0.39, 0.29) is 30.2 Å². The largest absolute Gasteiger partial charge is 0.337 e. The molecule has 168 valence electrons. The molecule has 0 aromatic heterocycles. The van der Waals surface area contributed by atoms with E-state index in [0.29, 0.717) is 24.3 Å². The molecule has 0 radical (unpaired) electrons. The Bertz CT molecular complexity index is 1050. The highest BCUT2D eigenvalue weighted by atomic mass is 32.2. The van der Waals surface area contributed by atoms with Crippen molar-refractivity contribution in [2.45, 2.75) is 30.8 Å².